The number of benzene rings is 2. The first-order chi connectivity index (χ1) is 14.0. The Morgan fingerprint density at radius 2 is 1.72 bits per heavy atom. The fourth-order valence-electron chi connectivity index (χ4n) is 3.15. The predicted molar refractivity (Wildman–Crippen MR) is 116 cm³/mol. The molecule has 7 heteroatoms. The van der Waals surface area contributed by atoms with Gasteiger partial charge in [-0.1, -0.05) is 50.2 Å². The van der Waals surface area contributed by atoms with Crippen molar-refractivity contribution in [1.29, 1.82) is 0 Å². The minimum absolute atomic E-state index is 0.292. The largest absolute Gasteiger partial charge is 0.383 e. The van der Waals surface area contributed by atoms with Crippen molar-refractivity contribution in [3.05, 3.63) is 64.7 Å². The highest BCUT2D eigenvalue weighted by atomic mass is 32.1. The monoisotopic (exact) mass is 413 g/mol. The summed E-state index contributed by atoms with van der Waals surface area (Å²) in [4.78, 5) is 19.1. The number of nitrogens with one attached hydrogen (secondary N) is 1. The normalized spacial score (nSPS) is 13.6. The molecule has 1 amide bonds. The fraction of sp³-hybridized carbons (Fsp3) is 0.364. The zero-order valence-electron chi connectivity index (χ0n) is 16.7. The van der Waals surface area contributed by atoms with Crippen molar-refractivity contribution in [3.63, 3.8) is 0 Å². The van der Waals surface area contributed by atoms with E-state index in [9.17, 15) is 15.0 Å². The number of para-hydroxylation sites is 1. The van der Waals surface area contributed by atoms with Crippen LogP contribution in [0.4, 0.5) is 0 Å². The summed E-state index contributed by atoms with van der Waals surface area (Å²) in [6.07, 6.45) is -2.94. The molecule has 154 valence electrons. The van der Waals surface area contributed by atoms with Gasteiger partial charge in [-0.3, -0.25) is 9.69 Å². The molecule has 3 aromatic rings. The van der Waals surface area contributed by atoms with Crippen LogP contribution in [-0.2, 0) is 17.9 Å². The number of aliphatic hydroxyl groups is 2. The number of aliphatic hydroxyl groups excluding tert-OH is 2. The zero-order valence-corrected chi connectivity index (χ0v) is 17.5. The summed E-state index contributed by atoms with van der Waals surface area (Å²) < 4.78 is 0.902. The fourth-order valence-corrected chi connectivity index (χ4v) is 4.14. The van der Waals surface area contributed by atoms with Gasteiger partial charge in [0, 0.05) is 13.1 Å². The average molecular weight is 414 g/mol. The second-order valence-electron chi connectivity index (χ2n) is 6.86. The lowest BCUT2D eigenvalue weighted by Gasteiger charge is -2.21. The number of rotatable bonds is 9. The molecule has 6 nitrogen and oxygen atoms in total. The molecular formula is C22H27N3O3S. The van der Waals surface area contributed by atoms with Crippen LogP contribution in [0.5, 0.6) is 0 Å². The van der Waals surface area contributed by atoms with Crippen molar-refractivity contribution in [2.24, 2.45) is 0 Å². The van der Waals surface area contributed by atoms with Gasteiger partial charge in [0.2, 0.25) is 0 Å². The van der Waals surface area contributed by atoms with Crippen LogP contribution < -0.4 is 5.32 Å². The molecular weight excluding hydrogens is 386 g/mol. The average Bonchev–Trinajstić information content (AvgIpc) is 3.19. The molecule has 3 rings (SSSR count). The van der Waals surface area contributed by atoms with E-state index in [2.05, 4.69) is 29.0 Å². The molecule has 0 saturated heterocycles. The van der Waals surface area contributed by atoms with Crippen molar-refractivity contribution in [1.82, 2.24) is 15.2 Å². The molecule has 2 aromatic carbocycles. The van der Waals surface area contributed by atoms with Crippen LogP contribution in [0.1, 0.15) is 36.1 Å². The van der Waals surface area contributed by atoms with Crippen LogP contribution in [0.25, 0.3) is 10.2 Å². The second kappa shape index (κ2) is 9.93. The van der Waals surface area contributed by atoms with E-state index in [0.717, 1.165) is 41.0 Å². The first-order valence-electron chi connectivity index (χ1n) is 9.81. The Labute approximate surface area is 174 Å². The lowest BCUT2D eigenvalue weighted by atomic mass is 10.1. The topological polar surface area (TPSA) is 85.7 Å². The summed E-state index contributed by atoms with van der Waals surface area (Å²) in [7, 11) is 0. The highest BCUT2D eigenvalue weighted by molar-refractivity contribution is 7.18. The number of hydrogen-bond donors (Lipinski definition) is 3. The van der Waals surface area contributed by atoms with Crippen LogP contribution in [0.3, 0.4) is 0 Å². The molecule has 2 unspecified atom stereocenters. The molecule has 0 bridgehead atoms. The van der Waals surface area contributed by atoms with Gasteiger partial charge < -0.3 is 15.5 Å². The molecule has 0 radical (unpaired) electrons. The first-order valence-corrected chi connectivity index (χ1v) is 10.6. The molecule has 0 saturated carbocycles. The Morgan fingerprint density at radius 3 is 2.41 bits per heavy atom. The Balaban J connectivity index is 1.64. The Morgan fingerprint density at radius 1 is 1.07 bits per heavy atom. The summed E-state index contributed by atoms with van der Waals surface area (Å²) >= 11 is 1.27. The zero-order chi connectivity index (χ0) is 20.8. The summed E-state index contributed by atoms with van der Waals surface area (Å²) in [5.74, 6) is -0.616. The van der Waals surface area contributed by atoms with Gasteiger partial charge >= 0.3 is 0 Å². The van der Waals surface area contributed by atoms with Crippen molar-refractivity contribution in [2.45, 2.75) is 39.1 Å². The van der Waals surface area contributed by atoms with E-state index in [1.165, 1.54) is 11.3 Å². The number of carbonyl (C=O) groups is 1. The van der Waals surface area contributed by atoms with Crippen LogP contribution in [-0.4, -0.2) is 45.2 Å². The molecule has 0 aliphatic heterocycles. The number of fused-ring (bicyclic) bond motifs is 1. The molecule has 29 heavy (non-hydrogen) atoms. The maximum absolute atomic E-state index is 12.4. The van der Waals surface area contributed by atoms with Crippen LogP contribution in [0, 0.1) is 0 Å². The van der Waals surface area contributed by atoms with Gasteiger partial charge in [-0.25, -0.2) is 4.98 Å². The number of aromatic nitrogens is 1. The third-order valence-corrected chi connectivity index (χ3v) is 6.10. The first kappa shape index (κ1) is 21.4. The Kier molecular flexibility index (Phi) is 7.33. The third-order valence-electron chi connectivity index (χ3n) is 4.99. The number of carbonyl (C=O) groups excluding carboxylic acids is 1. The summed E-state index contributed by atoms with van der Waals surface area (Å²) in [6.45, 7) is 7.23. The maximum Gasteiger partial charge on any atom is 0.252 e. The molecule has 0 spiro atoms. The highest BCUT2D eigenvalue weighted by Crippen LogP contribution is 2.28. The summed E-state index contributed by atoms with van der Waals surface area (Å²) in [5.41, 5.74) is 2.87. The highest BCUT2D eigenvalue weighted by Gasteiger charge is 2.28. The van der Waals surface area contributed by atoms with Crippen molar-refractivity contribution >= 4 is 27.5 Å². The van der Waals surface area contributed by atoms with Gasteiger partial charge in [0.25, 0.3) is 5.91 Å². The number of thiazole rings is 1. The number of amides is 1. The van der Waals surface area contributed by atoms with Crippen molar-refractivity contribution in [2.75, 3.05) is 13.1 Å². The minimum atomic E-state index is -1.58. The van der Waals surface area contributed by atoms with E-state index in [-0.39, 0.29) is 0 Å². The molecule has 0 fully saturated rings. The summed E-state index contributed by atoms with van der Waals surface area (Å²) in [5, 5.41) is 23.8. The van der Waals surface area contributed by atoms with E-state index >= 15 is 0 Å². The maximum atomic E-state index is 12.4. The Bertz CT molecular complexity index is 922. The molecule has 0 aliphatic carbocycles. The lowest BCUT2D eigenvalue weighted by molar-refractivity contribution is -0.135. The molecule has 1 aromatic heterocycles. The lowest BCUT2D eigenvalue weighted by Crippen LogP contribution is -2.38. The van der Waals surface area contributed by atoms with E-state index < -0.39 is 18.1 Å². The van der Waals surface area contributed by atoms with Gasteiger partial charge in [-0.2, -0.15) is 0 Å². The van der Waals surface area contributed by atoms with Gasteiger partial charge in [0.1, 0.15) is 11.1 Å². The quantitative estimate of drug-likeness (QED) is 0.502. The molecule has 1 heterocycles. The Hall–Kier alpha value is -2.32. The number of nitrogens with zero attached hydrogens (tertiary/aromatic N) is 2. The van der Waals surface area contributed by atoms with Crippen molar-refractivity contribution < 1.29 is 15.0 Å². The molecule has 3 N–H and O–H groups in total. The van der Waals surface area contributed by atoms with Crippen LogP contribution in [0.2, 0.25) is 0 Å². The SMILES string of the molecule is CCN(CC)Cc1ccccc1CNC(=O)C(O)C(O)c1nc2ccccc2s1. The second-order valence-corrected chi connectivity index (χ2v) is 7.92. The van der Waals surface area contributed by atoms with Crippen molar-refractivity contribution in [3.8, 4) is 0 Å². The molecule has 2 atom stereocenters. The number of hydrogen-bond acceptors (Lipinski definition) is 6. The van der Waals surface area contributed by atoms with E-state index in [1.807, 2.05) is 48.5 Å². The van der Waals surface area contributed by atoms with E-state index in [1.54, 1.807) is 0 Å². The van der Waals surface area contributed by atoms with Gasteiger partial charge in [0.05, 0.1) is 10.2 Å². The molecule has 0 aliphatic rings. The van der Waals surface area contributed by atoms with Gasteiger partial charge in [-0.15, -0.1) is 11.3 Å². The standard InChI is InChI=1S/C22H27N3O3S/c1-3-25(4-2)14-16-10-6-5-9-15(16)13-23-21(28)19(26)20(27)22-24-17-11-7-8-12-18(17)29-22/h5-12,19-20,26-27H,3-4,13-14H2,1-2H3,(H,23,28). The summed E-state index contributed by atoms with van der Waals surface area (Å²) in [6, 6.07) is 15.4. The minimum Gasteiger partial charge on any atom is -0.383 e. The van der Waals surface area contributed by atoms with E-state index in [0.29, 0.717) is 11.6 Å². The van der Waals surface area contributed by atoms with Gasteiger partial charge in [-0.05, 0) is 36.3 Å². The van der Waals surface area contributed by atoms with Gasteiger partial charge in [0.15, 0.2) is 6.10 Å². The smallest absolute Gasteiger partial charge is 0.252 e. The predicted octanol–water partition coefficient (Wildman–Crippen LogP) is 2.85. The van der Waals surface area contributed by atoms with Crippen LogP contribution >= 0.6 is 11.3 Å². The van der Waals surface area contributed by atoms with Crippen LogP contribution in [0.15, 0.2) is 48.5 Å². The van der Waals surface area contributed by atoms with E-state index in [4.69, 9.17) is 0 Å². The third kappa shape index (κ3) is 5.19.